The molecule has 3 atom stereocenters. The van der Waals surface area contributed by atoms with E-state index < -0.39 is 0 Å². The van der Waals surface area contributed by atoms with E-state index in [2.05, 4.69) is 31.2 Å². The van der Waals surface area contributed by atoms with Gasteiger partial charge in [-0.15, -0.1) is 0 Å². The van der Waals surface area contributed by atoms with Crippen molar-refractivity contribution >= 4 is 0 Å². The standard InChI is InChI=1S/C24H28O3/c1-14-8-15-9-17-6-5-7-18-10-16-11-22(26-3)23(27-4)13-20(16)24(17,18)19(15)12-21(14)25-2/h8,11-13,17-18H,5-7,9-10H2,1-4H3/t17-,18-,24-/m0/s1. The van der Waals surface area contributed by atoms with Crippen LogP contribution in [0.4, 0.5) is 0 Å². The highest BCUT2D eigenvalue weighted by Gasteiger charge is 2.58. The zero-order chi connectivity index (χ0) is 18.8. The third-order valence-electron chi connectivity index (χ3n) is 7.45. The fraction of sp³-hybridized carbons (Fsp3) is 0.500. The van der Waals surface area contributed by atoms with Crippen molar-refractivity contribution < 1.29 is 14.2 Å². The van der Waals surface area contributed by atoms with E-state index in [0.717, 1.165) is 23.7 Å². The van der Waals surface area contributed by atoms with Gasteiger partial charge in [-0.1, -0.05) is 12.5 Å². The summed E-state index contributed by atoms with van der Waals surface area (Å²) in [6.07, 6.45) is 6.27. The lowest BCUT2D eigenvalue weighted by Crippen LogP contribution is -2.41. The SMILES string of the molecule is COc1cc2c(cc1C)C[C@@H]1CCC[C@H]3Cc4cc(OC)c(OC)cc4[C@@]213. The van der Waals surface area contributed by atoms with E-state index in [1.165, 1.54) is 53.5 Å². The first-order valence-corrected chi connectivity index (χ1v) is 10.1. The minimum Gasteiger partial charge on any atom is -0.496 e. The van der Waals surface area contributed by atoms with Gasteiger partial charge in [0.15, 0.2) is 11.5 Å². The van der Waals surface area contributed by atoms with Crippen LogP contribution in [-0.4, -0.2) is 21.3 Å². The number of ether oxygens (including phenoxy) is 3. The molecule has 0 unspecified atom stereocenters. The van der Waals surface area contributed by atoms with Gasteiger partial charge in [-0.2, -0.15) is 0 Å². The largest absolute Gasteiger partial charge is 0.496 e. The molecule has 0 amide bonds. The highest BCUT2D eigenvalue weighted by atomic mass is 16.5. The molecule has 0 aliphatic heterocycles. The minimum absolute atomic E-state index is 0.115. The van der Waals surface area contributed by atoms with Crippen molar-refractivity contribution in [1.82, 2.24) is 0 Å². The molecule has 2 aromatic carbocycles. The van der Waals surface area contributed by atoms with E-state index in [9.17, 15) is 0 Å². The summed E-state index contributed by atoms with van der Waals surface area (Å²) in [5.74, 6) is 4.06. The van der Waals surface area contributed by atoms with Gasteiger partial charge in [0.25, 0.3) is 0 Å². The maximum absolute atomic E-state index is 5.72. The fourth-order valence-electron chi connectivity index (χ4n) is 6.48. The molecule has 0 bridgehead atoms. The van der Waals surface area contributed by atoms with E-state index in [-0.39, 0.29) is 5.41 Å². The van der Waals surface area contributed by atoms with Gasteiger partial charge in [-0.3, -0.25) is 0 Å². The number of hydrogen-bond donors (Lipinski definition) is 0. The van der Waals surface area contributed by atoms with Crippen molar-refractivity contribution in [3.05, 3.63) is 52.1 Å². The highest BCUT2D eigenvalue weighted by Crippen LogP contribution is 2.64. The van der Waals surface area contributed by atoms with Gasteiger partial charge in [-0.05, 0) is 90.5 Å². The molecule has 0 radical (unpaired) electrons. The van der Waals surface area contributed by atoms with E-state index in [0.29, 0.717) is 11.8 Å². The van der Waals surface area contributed by atoms with Crippen LogP contribution in [0.5, 0.6) is 17.2 Å². The van der Waals surface area contributed by atoms with Crippen molar-refractivity contribution in [2.24, 2.45) is 11.8 Å². The van der Waals surface area contributed by atoms with Crippen LogP contribution in [0.3, 0.4) is 0 Å². The summed E-state index contributed by atoms with van der Waals surface area (Å²) in [6.45, 7) is 2.16. The van der Waals surface area contributed by atoms with Gasteiger partial charge < -0.3 is 14.2 Å². The van der Waals surface area contributed by atoms with Gasteiger partial charge in [0.05, 0.1) is 21.3 Å². The maximum atomic E-state index is 5.72. The van der Waals surface area contributed by atoms with Gasteiger partial charge in [0.2, 0.25) is 0 Å². The van der Waals surface area contributed by atoms with Crippen molar-refractivity contribution in [2.75, 3.05) is 21.3 Å². The molecule has 1 saturated carbocycles. The van der Waals surface area contributed by atoms with Crippen LogP contribution in [0.1, 0.15) is 47.1 Å². The Bertz CT molecular complexity index is 916. The number of fused-ring (bicyclic) bond motifs is 2. The quantitative estimate of drug-likeness (QED) is 0.780. The normalized spacial score (nSPS) is 27.4. The molecule has 0 heterocycles. The molecule has 1 spiro atoms. The average molecular weight is 364 g/mol. The average Bonchev–Trinajstić information content (AvgIpc) is 3.18. The van der Waals surface area contributed by atoms with Crippen molar-refractivity contribution in [2.45, 2.75) is 44.4 Å². The Hall–Kier alpha value is -2.16. The molecule has 3 heteroatoms. The zero-order valence-corrected chi connectivity index (χ0v) is 16.7. The summed E-state index contributed by atoms with van der Waals surface area (Å²) >= 11 is 0. The van der Waals surface area contributed by atoms with Crippen LogP contribution >= 0.6 is 0 Å². The maximum Gasteiger partial charge on any atom is 0.161 e. The van der Waals surface area contributed by atoms with Gasteiger partial charge in [0, 0.05) is 5.41 Å². The Balaban J connectivity index is 1.79. The lowest BCUT2D eigenvalue weighted by molar-refractivity contribution is 0.176. The number of hydrogen-bond acceptors (Lipinski definition) is 3. The van der Waals surface area contributed by atoms with Gasteiger partial charge in [-0.25, -0.2) is 0 Å². The van der Waals surface area contributed by atoms with Gasteiger partial charge >= 0.3 is 0 Å². The Kier molecular flexibility index (Phi) is 3.72. The highest BCUT2D eigenvalue weighted by molar-refractivity contribution is 5.62. The molecule has 27 heavy (non-hydrogen) atoms. The van der Waals surface area contributed by atoms with Crippen LogP contribution in [0.2, 0.25) is 0 Å². The summed E-state index contributed by atoms with van der Waals surface area (Å²) in [5.41, 5.74) is 7.30. The number of benzene rings is 2. The predicted molar refractivity (Wildman–Crippen MR) is 106 cm³/mol. The van der Waals surface area contributed by atoms with Crippen LogP contribution in [0, 0.1) is 18.8 Å². The topological polar surface area (TPSA) is 27.7 Å². The molecule has 3 aliphatic carbocycles. The summed E-state index contributed by atoms with van der Waals surface area (Å²) in [4.78, 5) is 0. The Morgan fingerprint density at radius 1 is 0.741 bits per heavy atom. The molecule has 3 nitrogen and oxygen atoms in total. The molecular formula is C24H28O3. The van der Waals surface area contributed by atoms with E-state index in [4.69, 9.17) is 14.2 Å². The molecule has 142 valence electrons. The van der Waals surface area contributed by atoms with Gasteiger partial charge in [0.1, 0.15) is 5.75 Å². The zero-order valence-electron chi connectivity index (χ0n) is 16.7. The van der Waals surface area contributed by atoms with Crippen molar-refractivity contribution in [3.63, 3.8) is 0 Å². The first-order valence-electron chi connectivity index (χ1n) is 10.1. The minimum atomic E-state index is 0.115. The van der Waals surface area contributed by atoms with Crippen LogP contribution in [-0.2, 0) is 18.3 Å². The number of methoxy groups -OCH3 is 3. The molecule has 0 saturated heterocycles. The third kappa shape index (κ3) is 2.09. The number of rotatable bonds is 3. The molecular weight excluding hydrogens is 336 g/mol. The Morgan fingerprint density at radius 2 is 1.26 bits per heavy atom. The fourth-order valence-corrected chi connectivity index (χ4v) is 6.48. The van der Waals surface area contributed by atoms with Crippen LogP contribution < -0.4 is 14.2 Å². The second kappa shape index (κ2) is 5.92. The summed E-state index contributed by atoms with van der Waals surface area (Å²) in [7, 11) is 5.25. The lowest BCUT2D eigenvalue weighted by Gasteiger charge is -2.43. The summed E-state index contributed by atoms with van der Waals surface area (Å²) < 4.78 is 17.0. The molecule has 2 aromatic rings. The van der Waals surface area contributed by atoms with Crippen molar-refractivity contribution in [3.8, 4) is 17.2 Å². The first kappa shape index (κ1) is 17.0. The van der Waals surface area contributed by atoms with E-state index in [1.807, 2.05) is 0 Å². The van der Waals surface area contributed by atoms with Crippen LogP contribution in [0.15, 0.2) is 24.3 Å². The molecule has 0 N–H and O–H groups in total. The Labute approximate surface area is 161 Å². The second-order valence-corrected chi connectivity index (χ2v) is 8.45. The molecule has 3 aliphatic rings. The summed E-state index contributed by atoms with van der Waals surface area (Å²) in [6, 6.07) is 9.21. The number of aryl methyl sites for hydroxylation is 1. The first-order chi connectivity index (χ1) is 13.1. The van der Waals surface area contributed by atoms with Crippen molar-refractivity contribution in [1.29, 1.82) is 0 Å². The third-order valence-corrected chi connectivity index (χ3v) is 7.45. The van der Waals surface area contributed by atoms with Crippen LogP contribution in [0.25, 0.3) is 0 Å². The molecule has 0 aromatic heterocycles. The van der Waals surface area contributed by atoms with E-state index in [1.54, 1.807) is 21.3 Å². The smallest absolute Gasteiger partial charge is 0.161 e. The monoisotopic (exact) mass is 364 g/mol. The molecule has 5 rings (SSSR count). The summed E-state index contributed by atoms with van der Waals surface area (Å²) in [5, 5.41) is 0. The predicted octanol–water partition coefficient (Wildman–Crippen LogP) is 4.84. The molecule has 1 fully saturated rings. The van der Waals surface area contributed by atoms with E-state index >= 15 is 0 Å². The Morgan fingerprint density at radius 3 is 1.85 bits per heavy atom. The lowest BCUT2D eigenvalue weighted by atomic mass is 9.59. The second-order valence-electron chi connectivity index (χ2n) is 8.45.